The normalized spacial score (nSPS) is 21.2. The van der Waals surface area contributed by atoms with Crippen molar-refractivity contribution in [3.05, 3.63) is 11.7 Å². The molecule has 0 bridgehead atoms. The second-order valence-electron chi connectivity index (χ2n) is 5.83. The predicted octanol–water partition coefficient (Wildman–Crippen LogP) is 2.96. The van der Waals surface area contributed by atoms with Gasteiger partial charge in [-0.25, -0.2) is 0 Å². The van der Waals surface area contributed by atoms with E-state index in [1.54, 1.807) is 0 Å². The first-order chi connectivity index (χ1) is 8.54. The maximum atomic E-state index is 5.32. The van der Waals surface area contributed by atoms with Gasteiger partial charge < -0.3 is 9.84 Å². The van der Waals surface area contributed by atoms with Crippen LogP contribution in [-0.4, -0.2) is 28.0 Å². The molecule has 0 amide bonds. The lowest BCUT2D eigenvalue weighted by molar-refractivity contribution is 0.357. The Morgan fingerprint density at radius 3 is 2.89 bits per heavy atom. The summed E-state index contributed by atoms with van der Waals surface area (Å²) < 4.78 is 5.32. The molecule has 5 heteroatoms. The van der Waals surface area contributed by atoms with Gasteiger partial charge in [-0.2, -0.15) is 16.7 Å². The van der Waals surface area contributed by atoms with Crippen molar-refractivity contribution >= 4 is 11.8 Å². The fourth-order valence-corrected chi connectivity index (χ4v) is 3.22. The molecule has 1 aromatic heterocycles. The fourth-order valence-electron chi connectivity index (χ4n) is 1.99. The number of nitrogens with zero attached hydrogens (tertiary/aromatic N) is 2. The van der Waals surface area contributed by atoms with Crippen molar-refractivity contribution in [2.24, 2.45) is 0 Å². The molecule has 1 atom stereocenters. The van der Waals surface area contributed by atoms with Gasteiger partial charge in [-0.1, -0.05) is 11.6 Å². The summed E-state index contributed by atoms with van der Waals surface area (Å²) in [5, 5.41) is 8.00. The summed E-state index contributed by atoms with van der Waals surface area (Å²) in [6.45, 7) is 7.35. The van der Waals surface area contributed by atoms with E-state index in [-0.39, 0.29) is 5.54 Å². The van der Waals surface area contributed by atoms with Crippen LogP contribution in [-0.2, 0) is 6.42 Å². The SMILES string of the molecule is CC(C)(C)NCCc1nc(C2CCCCS2)no1. The lowest BCUT2D eigenvalue weighted by Gasteiger charge is -2.19. The first-order valence-corrected chi connectivity index (χ1v) is 7.78. The van der Waals surface area contributed by atoms with E-state index in [0.717, 1.165) is 24.7 Å². The Balaban J connectivity index is 1.82. The molecule has 18 heavy (non-hydrogen) atoms. The summed E-state index contributed by atoms with van der Waals surface area (Å²) >= 11 is 1.96. The van der Waals surface area contributed by atoms with Crippen LogP contribution in [0.4, 0.5) is 0 Å². The summed E-state index contributed by atoms with van der Waals surface area (Å²) in [6, 6.07) is 0. The molecule has 1 aromatic rings. The molecule has 102 valence electrons. The van der Waals surface area contributed by atoms with Gasteiger partial charge in [0.2, 0.25) is 5.89 Å². The molecule has 4 nitrogen and oxygen atoms in total. The smallest absolute Gasteiger partial charge is 0.227 e. The number of rotatable bonds is 4. The minimum Gasteiger partial charge on any atom is -0.339 e. The Morgan fingerprint density at radius 2 is 2.22 bits per heavy atom. The van der Waals surface area contributed by atoms with Crippen LogP contribution in [0.2, 0.25) is 0 Å². The van der Waals surface area contributed by atoms with E-state index in [9.17, 15) is 0 Å². The van der Waals surface area contributed by atoms with Gasteiger partial charge in [0, 0.05) is 18.5 Å². The number of hydrogen-bond acceptors (Lipinski definition) is 5. The fraction of sp³-hybridized carbons (Fsp3) is 0.846. The van der Waals surface area contributed by atoms with Gasteiger partial charge in [-0.3, -0.25) is 0 Å². The van der Waals surface area contributed by atoms with Gasteiger partial charge in [0.25, 0.3) is 0 Å². The third-order valence-corrected chi connectivity index (χ3v) is 4.32. The zero-order chi connectivity index (χ0) is 13.0. The second kappa shape index (κ2) is 6.06. The van der Waals surface area contributed by atoms with Gasteiger partial charge in [-0.15, -0.1) is 0 Å². The van der Waals surface area contributed by atoms with Crippen LogP contribution in [0, 0.1) is 0 Å². The van der Waals surface area contributed by atoms with Crippen LogP contribution in [0.1, 0.15) is 57.0 Å². The van der Waals surface area contributed by atoms with Gasteiger partial charge in [0.05, 0.1) is 5.25 Å². The van der Waals surface area contributed by atoms with Gasteiger partial charge in [0.15, 0.2) is 5.82 Å². The molecule has 0 radical (unpaired) electrons. The van der Waals surface area contributed by atoms with Crippen molar-refractivity contribution < 1.29 is 4.52 Å². The van der Waals surface area contributed by atoms with Crippen molar-refractivity contribution in [1.29, 1.82) is 0 Å². The molecule has 0 spiro atoms. The summed E-state index contributed by atoms with van der Waals surface area (Å²) in [5.74, 6) is 2.87. The Labute approximate surface area is 113 Å². The zero-order valence-electron chi connectivity index (χ0n) is 11.5. The molecular formula is C13H23N3OS. The molecule has 1 unspecified atom stereocenters. The molecule has 0 aliphatic carbocycles. The van der Waals surface area contributed by atoms with Crippen LogP contribution in [0.15, 0.2) is 4.52 Å². The number of hydrogen-bond donors (Lipinski definition) is 1. The highest BCUT2D eigenvalue weighted by Gasteiger charge is 2.21. The van der Waals surface area contributed by atoms with Crippen molar-refractivity contribution in [3.8, 4) is 0 Å². The van der Waals surface area contributed by atoms with Gasteiger partial charge >= 0.3 is 0 Å². The van der Waals surface area contributed by atoms with Crippen molar-refractivity contribution in [2.45, 2.75) is 57.2 Å². The Morgan fingerprint density at radius 1 is 1.39 bits per heavy atom. The molecular weight excluding hydrogens is 246 g/mol. The van der Waals surface area contributed by atoms with Gasteiger partial charge in [-0.05, 0) is 39.4 Å². The lowest BCUT2D eigenvalue weighted by atomic mass is 10.1. The highest BCUT2D eigenvalue weighted by molar-refractivity contribution is 7.99. The monoisotopic (exact) mass is 269 g/mol. The summed E-state index contributed by atoms with van der Waals surface area (Å²) in [7, 11) is 0. The Kier molecular flexibility index (Phi) is 4.67. The highest BCUT2D eigenvalue weighted by Crippen LogP contribution is 2.36. The number of nitrogens with one attached hydrogen (secondary N) is 1. The van der Waals surface area contributed by atoms with E-state index >= 15 is 0 Å². The standard InChI is InChI=1S/C13H23N3OS/c1-13(2,3)14-8-7-11-15-12(16-17-11)10-6-4-5-9-18-10/h10,14H,4-9H2,1-3H3. The zero-order valence-corrected chi connectivity index (χ0v) is 12.3. The predicted molar refractivity (Wildman–Crippen MR) is 74.8 cm³/mol. The van der Waals surface area contributed by atoms with Crippen molar-refractivity contribution in [1.82, 2.24) is 15.5 Å². The van der Waals surface area contributed by atoms with Crippen LogP contribution < -0.4 is 5.32 Å². The van der Waals surface area contributed by atoms with E-state index in [1.807, 2.05) is 11.8 Å². The minimum atomic E-state index is 0.141. The van der Waals surface area contributed by atoms with Crippen LogP contribution >= 0.6 is 11.8 Å². The highest BCUT2D eigenvalue weighted by atomic mass is 32.2. The number of thioether (sulfide) groups is 1. The average molecular weight is 269 g/mol. The molecule has 1 saturated heterocycles. The topological polar surface area (TPSA) is 51.0 Å². The largest absolute Gasteiger partial charge is 0.339 e. The van der Waals surface area contributed by atoms with E-state index in [1.165, 1.54) is 25.0 Å². The summed E-state index contributed by atoms with van der Waals surface area (Å²) in [5.41, 5.74) is 0.141. The van der Waals surface area contributed by atoms with Crippen LogP contribution in [0.5, 0.6) is 0 Å². The maximum Gasteiger partial charge on any atom is 0.227 e. The second-order valence-corrected chi connectivity index (χ2v) is 7.14. The van der Waals surface area contributed by atoms with Gasteiger partial charge in [0.1, 0.15) is 0 Å². The summed E-state index contributed by atoms with van der Waals surface area (Å²) in [6.07, 6.45) is 4.60. The number of aromatic nitrogens is 2. The molecule has 1 aliphatic rings. The average Bonchev–Trinajstić information content (AvgIpc) is 2.77. The maximum absolute atomic E-state index is 5.32. The molecule has 1 fully saturated rings. The van der Waals surface area contributed by atoms with E-state index in [4.69, 9.17) is 4.52 Å². The van der Waals surface area contributed by atoms with E-state index < -0.39 is 0 Å². The Hall–Kier alpha value is -0.550. The van der Waals surface area contributed by atoms with E-state index in [0.29, 0.717) is 5.25 Å². The molecule has 1 N–H and O–H groups in total. The summed E-state index contributed by atoms with van der Waals surface area (Å²) in [4.78, 5) is 4.51. The van der Waals surface area contributed by atoms with Crippen LogP contribution in [0.25, 0.3) is 0 Å². The van der Waals surface area contributed by atoms with E-state index in [2.05, 4.69) is 36.2 Å². The molecule has 1 aliphatic heterocycles. The van der Waals surface area contributed by atoms with Crippen LogP contribution in [0.3, 0.4) is 0 Å². The third kappa shape index (κ3) is 4.28. The Bertz CT molecular complexity index is 367. The lowest BCUT2D eigenvalue weighted by Crippen LogP contribution is -2.37. The molecule has 0 saturated carbocycles. The first kappa shape index (κ1) is 13.9. The molecule has 0 aromatic carbocycles. The quantitative estimate of drug-likeness (QED) is 0.910. The van der Waals surface area contributed by atoms with Crippen molar-refractivity contribution in [2.75, 3.05) is 12.3 Å². The van der Waals surface area contributed by atoms with Crippen molar-refractivity contribution in [3.63, 3.8) is 0 Å². The first-order valence-electron chi connectivity index (χ1n) is 6.74. The molecule has 2 rings (SSSR count). The minimum absolute atomic E-state index is 0.141. The third-order valence-electron chi connectivity index (χ3n) is 2.95. The molecule has 2 heterocycles.